The molecule has 86 valence electrons. The van der Waals surface area contributed by atoms with E-state index < -0.39 is 11.7 Å². The van der Waals surface area contributed by atoms with Crippen LogP contribution in [0.1, 0.15) is 11.1 Å². The number of hydrogen-bond acceptors (Lipinski definition) is 1. The van der Waals surface area contributed by atoms with Crippen molar-refractivity contribution >= 4 is 11.3 Å². The molecule has 0 N–H and O–H groups in total. The Kier molecular flexibility index (Phi) is 2.95. The van der Waals surface area contributed by atoms with Crippen LogP contribution in [0.25, 0.3) is 11.1 Å². The molecule has 0 amide bonds. The van der Waals surface area contributed by atoms with Gasteiger partial charge in [0.25, 0.3) is 0 Å². The fourth-order valence-electron chi connectivity index (χ4n) is 1.50. The van der Waals surface area contributed by atoms with Crippen molar-refractivity contribution in [1.29, 1.82) is 0 Å². The second-order valence-corrected chi connectivity index (χ2v) is 4.19. The third-order valence-electron chi connectivity index (χ3n) is 2.33. The number of thiophene rings is 1. The van der Waals surface area contributed by atoms with Gasteiger partial charge in [0.15, 0.2) is 0 Å². The van der Waals surface area contributed by atoms with E-state index in [1.807, 2.05) is 0 Å². The Bertz CT molecular complexity index is 559. The summed E-state index contributed by atoms with van der Waals surface area (Å²) in [5, 5.41) is 3.58. The van der Waals surface area contributed by atoms with Crippen LogP contribution in [0.4, 0.5) is 13.2 Å². The molecule has 2 aromatic rings. The lowest BCUT2D eigenvalue weighted by Gasteiger charge is -2.10. The van der Waals surface area contributed by atoms with E-state index in [9.17, 15) is 13.2 Å². The quantitative estimate of drug-likeness (QED) is 0.659. The van der Waals surface area contributed by atoms with Gasteiger partial charge in [0.1, 0.15) is 0 Å². The summed E-state index contributed by atoms with van der Waals surface area (Å²) in [6, 6.07) is 5.18. The average Bonchev–Trinajstić information content (AvgIpc) is 2.80. The molecule has 0 nitrogen and oxygen atoms in total. The number of benzene rings is 1. The molecular formula is C13H7F3S. The Morgan fingerprint density at radius 3 is 2.47 bits per heavy atom. The SMILES string of the molecule is C#Cc1ccc(C(F)(F)F)cc1-c1ccsc1. The lowest BCUT2D eigenvalue weighted by molar-refractivity contribution is -0.137. The lowest BCUT2D eigenvalue weighted by atomic mass is 9.99. The molecule has 1 aromatic carbocycles. The first-order valence-electron chi connectivity index (χ1n) is 4.73. The van der Waals surface area contributed by atoms with Gasteiger partial charge in [-0.15, -0.1) is 6.42 Å². The first-order chi connectivity index (χ1) is 8.02. The van der Waals surface area contributed by atoms with Crippen molar-refractivity contribution in [2.75, 3.05) is 0 Å². The molecule has 0 spiro atoms. The lowest BCUT2D eigenvalue weighted by Crippen LogP contribution is -2.05. The third kappa shape index (κ3) is 2.34. The molecule has 1 heterocycles. The number of terminal acetylenes is 1. The van der Waals surface area contributed by atoms with Crippen molar-refractivity contribution in [2.24, 2.45) is 0 Å². The van der Waals surface area contributed by atoms with Crippen LogP contribution in [0.15, 0.2) is 35.0 Å². The van der Waals surface area contributed by atoms with Crippen LogP contribution in [0.2, 0.25) is 0 Å². The van der Waals surface area contributed by atoms with Crippen LogP contribution < -0.4 is 0 Å². The number of alkyl halides is 3. The molecule has 0 atom stereocenters. The Morgan fingerprint density at radius 1 is 1.18 bits per heavy atom. The molecular weight excluding hydrogens is 245 g/mol. The Morgan fingerprint density at radius 2 is 1.94 bits per heavy atom. The van der Waals surface area contributed by atoms with Crippen LogP contribution >= 0.6 is 11.3 Å². The fourth-order valence-corrected chi connectivity index (χ4v) is 2.16. The number of hydrogen-bond donors (Lipinski definition) is 0. The molecule has 0 saturated carbocycles. The van der Waals surface area contributed by atoms with Gasteiger partial charge in [0, 0.05) is 5.56 Å². The standard InChI is InChI=1S/C13H7F3S/c1-2-9-3-4-11(13(14,15)16)7-12(9)10-5-6-17-8-10/h1,3-8H. The molecule has 0 fully saturated rings. The highest BCUT2D eigenvalue weighted by molar-refractivity contribution is 7.08. The van der Waals surface area contributed by atoms with E-state index in [1.165, 1.54) is 17.4 Å². The monoisotopic (exact) mass is 252 g/mol. The summed E-state index contributed by atoms with van der Waals surface area (Å²) < 4.78 is 37.8. The topological polar surface area (TPSA) is 0 Å². The van der Waals surface area contributed by atoms with E-state index in [2.05, 4.69) is 5.92 Å². The second kappa shape index (κ2) is 4.27. The van der Waals surface area contributed by atoms with Gasteiger partial charge in [-0.3, -0.25) is 0 Å². The largest absolute Gasteiger partial charge is 0.416 e. The molecule has 0 unspecified atom stereocenters. The number of halogens is 3. The van der Waals surface area contributed by atoms with Gasteiger partial charge in [-0.1, -0.05) is 5.92 Å². The van der Waals surface area contributed by atoms with E-state index in [1.54, 1.807) is 16.8 Å². The molecule has 0 radical (unpaired) electrons. The van der Waals surface area contributed by atoms with Crippen LogP contribution in [0, 0.1) is 12.3 Å². The smallest absolute Gasteiger partial charge is 0.166 e. The molecule has 4 heteroatoms. The highest BCUT2D eigenvalue weighted by Gasteiger charge is 2.31. The molecule has 0 bridgehead atoms. The predicted molar refractivity (Wildman–Crippen MR) is 62.7 cm³/mol. The van der Waals surface area contributed by atoms with Crippen molar-refractivity contribution in [3.8, 4) is 23.5 Å². The van der Waals surface area contributed by atoms with Crippen molar-refractivity contribution in [2.45, 2.75) is 6.18 Å². The van der Waals surface area contributed by atoms with Gasteiger partial charge in [-0.25, -0.2) is 0 Å². The second-order valence-electron chi connectivity index (χ2n) is 3.41. The van der Waals surface area contributed by atoms with Crippen molar-refractivity contribution in [3.63, 3.8) is 0 Å². The summed E-state index contributed by atoms with van der Waals surface area (Å²) in [6.45, 7) is 0. The number of rotatable bonds is 1. The summed E-state index contributed by atoms with van der Waals surface area (Å²) in [4.78, 5) is 0. The van der Waals surface area contributed by atoms with E-state index in [0.29, 0.717) is 16.7 Å². The summed E-state index contributed by atoms with van der Waals surface area (Å²) in [7, 11) is 0. The summed E-state index contributed by atoms with van der Waals surface area (Å²) in [5.74, 6) is 2.40. The van der Waals surface area contributed by atoms with Crippen LogP contribution in [-0.2, 0) is 6.18 Å². The Balaban J connectivity index is 2.61. The van der Waals surface area contributed by atoms with Crippen LogP contribution in [0.3, 0.4) is 0 Å². The molecule has 0 aliphatic heterocycles. The van der Waals surface area contributed by atoms with Crippen molar-refractivity contribution < 1.29 is 13.2 Å². The fraction of sp³-hybridized carbons (Fsp3) is 0.0769. The van der Waals surface area contributed by atoms with Gasteiger partial charge in [0.2, 0.25) is 0 Å². The maximum atomic E-state index is 12.6. The predicted octanol–water partition coefficient (Wildman–Crippen LogP) is 4.42. The Hall–Kier alpha value is -1.73. The molecule has 0 saturated heterocycles. The summed E-state index contributed by atoms with van der Waals surface area (Å²) in [6.07, 6.45) is 0.939. The maximum Gasteiger partial charge on any atom is 0.416 e. The first kappa shape index (κ1) is 11.7. The zero-order valence-electron chi connectivity index (χ0n) is 8.58. The minimum Gasteiger partial charge on any atom is -0.166 e. The molecule has 2 rings (SSSR count). The average molecular weight is 252 g/mol. The maximum absolute atomic E-state index is 12.6. The van der Waals surface area contributed by atoms with E-state index in [4.69, 9.17) is 6.42 Å². The van der Waals surface area contributed by atoms with Crippen molar-refractivity contribution in [1.82, 2.24) is 0 Å². The van der Waals surface area contributed by atoms with Crippen molar-refractivity contribution in [3.05, 3.63) is 46.2 Å². The van der Waals surface area contributed by atoms with Gasteiger partial charge < -0.3 is 0 Å². The van der Waals surface area contributed by atoms with E-state index in [0.717, 1.165) is 12.1 Å². The van der Waals surface area contributed by atoms with Gasteiger partial charge in [-0.2, -0.15) is 24.5 Å². The minimum absolute atomic E-state index is 0.448. The van der Waals surface area contributed by atoms with E-state index >= 15 is 0 Å². The van der Waals surface area contributed by atoms with Crippen LogP contribution in [0.5, 0.6) is 0 Å². The minimum atomic E-state index is -4.35. The normalized spacial score (nSPS) is 11.2. The Labute approximate surface area is 101 Å². The summed E-state index contributed by atoms with van der Waals surface area (Å²) >= 11 is 1.42. The first-order valence-corrected chi connectivity index (χ1v) is 5.67. The third-order valence-corrected chi connectivity index (χ3v) is 3.02. The summed E-state index contributed by atoms with van der Waals surface area (Å²) in [5.41, 5.74) is 0.951. The highest BCUT2D eigenvalue weighted by Crippen LogP contribution is 2.34. The zero-order chi connectivity index (χ0) is 12.5. The molecule has 17 heavy (non-hydrogen) atoms. The molecule has 0 aliphatic rings. The van der Waals surface area contributed by atoms with Gasteiger partial charge >= 0.3 is 6.18 Å². The van der Waals surface area contributed by atoms with Gasteiger partial charge in [-0.05, 0) is 46.2 Å². The highest BCUT2D eigenvalue weighted by atomic mass is 32.1. The molecule has 0 aliphatic carbocycles. The zero-order valence-corrected chi connectivity index (χ0v) is 9.40. The van der Waals surface area contributed by atoms with Gasteiger partial charge in [0.05, 0.1) is 5.56 Å². The van der Waals surface area contributed by atoms with E-state index in [-0.39, 0.29) is 0 Å². The van der Waals surface area contributed by atoms with Crippen LogP contribution in [-0.4, -0.2) is 0 Å². The molecule has 1 aromatic heterocycles.